The Kier molecular flexibility index (Phi) is 6.36. The summed E-state index contributed by atoms with van der Waals surface area (Å²) in [5.41, 5.74) is 3.03. The van der Waals surface area contributed by atoms with E-state index in [0.29, 0.717) is 13.1 Å². The smallest absolute Gasteiger partial charge is 0.150 e. The minimum Gasteiger partial charge on any atom is -0.385 e. The first-order valence-corrected chi connectivity index (χ1v) is 9.16. The number of fused-ring (bicyclic) bond motifs is 1. The van der Waals surface area contributed by atoms with Gasteiger partial charge in [-0.15, -0.1) is 0 Å². The van der Waals surface area contributed by atoms with Gasteiger partial charge in [0.05, 0.1) is 24.3 Å². The predicted octanol–water partition coefficient (Wildman–Crippen LogP) is 3.32. The maximum Gasteiger partial charge on any atom is 0.150 e. The van der Waals surface area contributed by atoms with Crippen LogP contribution in [0.3, 0.4) is 0 Å². The highest BCUT2D eigenvalue weighted by Crippen LogP contribution is 2.22. The van der Waals surface area contributed by atoms with Crippen LogP contribution in [-0.2, 0) is 17.8 Å². The molecule has 0 fully saturated rings. The molecule has 27 heavy (non-hydrogen) atoms. The maximum atomic E-state index is 5.30. The summed E-state index contributed by atoms with van der Waals surface area (Å²) in [6.45, 7) is 6.81. The molecule has 7 nitrogen and oxygen atoms in total. The van der Waals surface area contributed by atoms with E-state index in [0.717, 1.165) is 53.6 Å². The van der Waals surface area contributed by atoms with E-state index in [1.54, 1.807) is 7.11 Å². The molecule has 0 aliphatic heterocycles. The van der Waals surface area contributed by atoms with Crippen molar-refractivity contribution >= 4 is 16.7 Å². The monoisotopic (exact) mass is 369 g/mol. The van der Waals surface area contributed by atoms with Gasteiger partial charge in [-0.25, -0.2) is 9.97 Å². The Morgan fingerprint density at radius 1 is 1.15 bits per heavy atom. The van der Waals surface area contributed by atoms with Gasteiger partial charge in [-0.3, -0.25) is 4.90 Å². The third-order valence-electron chi connectivity index (χ3n) is 4.23. The number of nitrogens with one attached hydrogen (secondary N) is 1. The van der Waals surface area contributed by atoms with Gasteiger partial charge in [0.15, 0.2) is 5.76 Å². The van der Waals surface area contributed by atoms with Crippen molar-refractivity contribution in [3.63, 3.8) is 0 Å². The summed E-state index contributed by atoms with van der Waals surface area (Å²) in [7, 11) is 3.74. The number of anilines is 1. The Hall–Kier alpha value is -2.51. The summed E-state index contributed by atoms with van der Waals surface area (Å²) in [6, 6.07) is 8.20. The lowest BCUT2D eigenvalue weighted by Gasteiger charge is -2.16. The van der Waals surface area contributed by atoms with Gasteiger partial charge in [-0.2, -0.15) is 0 Å². The average molecular weight is 369 g/mol. The molecule has 0 aliphatic carbocycles. The van der Waals surface area contributed by atoms with Crippen LogP contribution in [0.15, 0.2) is 28.8 Å². The molecule has 144 valence electrons. The van der Waals surface area contributed by atoms with E-state index in [1.807, 2.05) is 20.0 Å². The van der Waals surface area contributed by atoms with Crippen LogP contribution < -0.4 is 5.32 Å². The van der Waals surface area contributed by atoms with E-state index in [9.17, 15) is 0 Å². The highest BCUT2D eigenvalue weighted by atomic mass is 16.5. The quantitative estimate of drug-likeness (QED) is 0.580. The fraction of sp³-hybridized carbons (Fsp3) is 0.450. The molecule has 3 aromatic rings. The molecule has 0 bridgehead atoms. The second kappa shape index (κ2) is 8.92. The van der Waals surface area contributed by atoms with Crippen molar-refractivity contribution in [2.75, 3.05) is 32.6 Å². The van der Waals surface area contributed by atoms with E-state index in [1.165, 1.54) is 5.56 Å². The number of aryl methyl sites for hydroxylation is 2. The van der Waals surface area contributed by atoms with Crippen molar-refractivity contribution in [1.82, 2.24) is 20.0 Å². The van der Waals surface area contributed by atoms with E-state index in [-0.39, 0.29) is 0 Å². The number of hydrogen-bond donors (Lipinski definition) is 1. The molecule has 0 amide bonds. The Bertz CT molecular complexity index is 893. The van der Waals surface area contributed by atoms with Gasteiger partial charge in [0.25, 0.3) is 0 Å². The second-order valence-electron chi connectivity index (χ2n) is 6.89. The topological polar surface area (TPSA) is 76.3 Å². The van der Waals surface area contributed by atoms with E-state index >= 15 is 0 Å². The first kappa shape index (κ1) is 19.3. The molecule has 2 heterocycles. The van der Waals surface area contributed by atoms with Crippen LogP contribution in [0.2, 0.25) is 0 Å². The van der Waals surface area contributed by atoms with Crippen molar-refractivity contribution in [2.24, 2.45) is 0 Å². The molecule has 0 atom stereocenters. The third-order valence-corrected chi connectivity index (χ3v) is 4.23. The van der Waals surface area contributed by atoms with Gasteiger partial charge in [0.2, 0.25) is 0 Å². The van der Waals surface area contributed by atoms with Crippen molar-refractivity contribution in [1.29, 1.82) is 0 Å². The molecule has 0 saturated carbocycles. The Balaban J connectivity index is 1.78. The van der Waals surface area contributed by atoms with Crippen LogP contribution in [0.1, 0.15) is 29.3 Å². The van der Waals surface area contributed by atoms with Crippen LogP contribution in [0.4, 0.5) is 5.82 Å². The number of rotatable bonds is 9. The summed E-state index contributed by atoms with van der Waals surface area (Å²) in [6.07, 6.45) is 0.924. The van der Waals surface area contributed by atoms with Crippen molar-refractivity contribution in [2.45, 2.75) is 33.4 Å². The molecule has 0 unspecified atom stereocenters. The summed E-state index contributed by atoms with van der Waals surface area (Å²) < 4.78 is 10.4. The van der Waals surface area contributed by atoms with Gasteiger partial charge >= 0.3 is 0 Å². The minimum absolute atomic E-state index is 0.621. The summed E-state index contributed by atoms with van der Waals surface area (Å²) in [4.78, 5) is 11.6. The molecule has 1 N–H and O–H groups in total. The number of methoxy groups -OCH3 is 1. The molecule has 7 heteroatoms. The fourth-order valence-electron chi connectivity index (χ4n) is 2.97. The number of hydrogen-bond acceptors (Lipinski definition) is 7. The highest BCUT2D eigenvalue weighted by Gasteiger charge is 2.12. The van der Waals surface area contributed by atoms with Crippen LogP contribution in [0.25, 0.3) is 10.9 Å². The molecule has 2 aromatic heterocycles. The number of nitrogens with zero attached hydrogens (tertiary/aromatic N) is 4. The van der Waals surface area contributed by atoms with E-state index in [4.69, 9.17) is 19.2 Å². The van der Waals surface area contributed by atoms with Crippen LogP contribution in [0, 0.1) is 13.8 Å². The molecular formula is C20H27N5O2. The second-order valence-corrected chi connectivity index (χ2v) is 6.89. The zero-order chi connectivity index (χ0) is 19.2. The summed E-state index contributed by atoms with van der Waals surface area (Å²) >= 11 is 0. The fourth-order valence-corrected chi connectivity index (χ4v) is 2.97. The van der Waals surface area contributed by atoms with Crippen molar-refractivity contribution in [3.05, 3.63) is 47.1 Å². The average Bonchev–Trinajstić information content (AvgIpc) is 3.03. The Morgan fingerprint density at radius 3 is 2.74 bits per heavy atom. The number of benzene rings is 1. The third kappa shape index (κ3) is 5.24. The highest BCUT2D eigenvalue weighted by molar-refractivity contribution is 5.89. The maximum absolute atomic E-state index is 5.30. The first-order valence-electron chi connectivity index (χ1n) is 9.16. The SMILES string of the molecule is COCCCNc1nc(CN(C)Cc2cc(C)no2)nc2ccc(C)cc12. The molecule has 0 spiro atoms. The normalized spacial score (nSPS) is 11.4. The van der Waals surface area contributed by atoms with Gasteiger partial charge in [-0.1, -0.05) is 16.8 Å². The van der Waals surface area contributed by atoms with E-state index in [2.05, 4.69) is 40.5 Å². The lowest BCUT2D eigenvalue weighted by atomic mass is 10.1. The van der Waals surface area contributed by atoms with Crippen molar-refractivity contribution in [3.8, 4) is 0 Å². The van der Waals surface area contributed by atoms with E-state index < -0.39 is 0 Å². The molecule has 0 radical (unpaired) electrons. The Morgan fingerprint density at radius 2 is 2.00 bits per heavy atom. The van der Waals surface area contributed by atoms with Crippen LogP contribution in [0.5, 0.6) is 0 Å². The largest absolute Gasteiger partial charge is 0.385 e. The molecule has 3 rings (SSSR count). The number of ether oxygens (including phenoxy) is 1. The summed E-state index contributed by atoms with van der Waals surface area (Å²) in [5, 5.41) is 8.42. The van der Waals surface area contributed by atoms with Gasteiger partial charge in [0.1, 0.15) is 11.6 Å². The summed E-state index contributed by atoms with van der Waals surface area (Å²) in [5.74, 6) is 2.49. The molecular weight excluding hydrogens is 342 g/mol. The minimum atomic E-state index is 0.621. The van der Waals surface area contributed by atoms with Crippen LogP contribution >= 0.6 is 0 Å². The lowest BCUT2D eigenvalue weighted by Crippen LogP contribution is -2.19. The number of aromatic nitrogens is 3. The zero-order valence-corrected chi connectivity index (χ0v) is 16.5. The standard InChI is InChI=1S/C20H27N5O2/c1-14-6-7-18-17(10-14)20(21-8-5-9-26-4)23-19(22-18)13-25(3)12-16-11-15(2)24-27-16/h6-7,10-11H,5,8-9,12-13H2,1-4H3,(H,21,22,23). The molecule has 0 saturated heterocycles. The Labute approximate surface area is 159 Å². The van der Waals surface area contributed by atoms with Gasteiger partial charge in [0, 0.05) is 31.7 Å². The zero-order valence-electron chi connectivity index (χ0n) is 16.5. The van der Waals surface area contributed by atoms with Crippen molar-refractivity contribution < 1.29 is 9.26 Å². The predicted molar refractivity (Wildman–Crippen MR) is 106 cm³/mol. The van der Waals surface area contributed by atoms with Crippen LogP contribution in [-0.4, -0.2) is 47.3 Å². The van der Waals surface area contributed by atoms with Gasteiger partial charge < -0.3 is 14.6 Å². The lowest BCUT2D eigenvalue weighted by molar-refractivity contribution is 0.198. The molecule has 0 aliphatic rings. The van der Waals surface area contributed by atoms with Gasteiger partial charge in [-0.05, 0) is 39.4 Å². The molecule has 1 aromatic carbocycles. The first-order chi connectivity index (χ1) is 13.0.